The van der Waals surface area contributed by atoms with Gasteiger partial charge >= 0.3 is 0 Å². The van der Waals surface area contributed by atoms with E-state index in [0.29, 0.717) is 5.02 Å². The molecule has 1 aromatic carbocycles. The predicted molar refractivity (Wildman–Crippen MR) is 62.5 cm³/mol. The minimum atomic E-state index is -0.407. The van der Waals surface area contributed by atoms with Crippen molar-refractivity contribution in [1.29, 1.82) is 0 Å². The maximum atomic E-state index is 5.96. The minimum absolute atomic E-state index is 0. The third-order valence-corrected chi connectivity index (χ3v) is 2.09. The molecule has 1 rings (SSSR count). The van der Waals surface area contributed by atoms with Crippen molar-refractivity contribution in [2.24, 2.45) is 5.73 Å². The number of methoxy groups -OCH3 is 1. The molecule has 0 saturated carbocycles. The van der Waals surface area contributed by atoms with E-state index in [9.17, 15) is 0 Å². The Morgan fingerprint density at radius 3 is 2.36 bits per heavy atom. The Morgan fingerprint density at radius 2 is 1.93 bits per heavy atom. The van der Waals surface area contributed by atoms with Crippen molar-refractivity contribution in [3.8, 4) is 5.75 Å². The van der Waals surface area contributed by atoms with Crippen LogP contribution in [-0.4, -0.2) is 7.11 Å². The van der Waals surface area contributed by atoms with Crippen LogP contribution in [0.25, 0.3) is 0 Å². The number of halogens is 2. The average molecular weight is 236 g/mol. The van der Waals surface area contributed by atoms with Crippen LogP contribution in [0.2, 0.25) is 5.02 Å². The van der Waals surface area contributed by atoms with Crippen LogP contribution in [0.1, 0.15) is 19.4 Å². The van der Waals surface area contributed by atoms with Crippen molar-refractivity contribution in [2.45, 2.75) is 19.4 Å². The van der Waals surface area contributed by atoms with Gasteiger partial charge in [0.2, 0.25) is 0 Å². The SMILES string of the molecule is COc1cc(Cl)ccc1C(C)(C)N.Cl. The van der Waals surface area contributed by atoms with Gasteiger partial charge in [0, 0.05) is 16.1 Å². The number of hydrogen-bond acceptors (Lipinski definition) is 2. The predicted octanol–water partition coefficient (Wildman–Crippen LogP) is 2.96. The fraction of sp³-hybridized carbons (Fsp3) is 0.400. The third-order valence-electron chi connectivity index (χ3n) is 1.86. The van der Waals surface area contributed by atoms with Crippen molar-refractivity contribution >= 4 is 24.0 Å². The Kier molecular flexibility index (Phi) is 4.72. The van der Waals surface area contributed by atoms with Gasteiger partial charge in [0.15, 0.2) is 0 Å². The van der Waals surface area contributed by atoms with Gasteiger partial charge in [-0.1, -0.05) is 17.7 Å². The first-order valence-corrected chi connectivity index (χ1v) is 4.46. The monoisotopic (exact) mass is 235 g/mol. The van der Waals surface area contributed by atoms with Crippen molar-refractivity contribution in [2.75, 3.05) is 7.11 Å². The molecule has 0 amide bonds. The first-order valence-electron chi connectivity index (χ1n) is 4.08. The van der Waals surface area contributed by atoms with E-state index in [1.165, 1.54) is 0 Å². The van der Waals surface area contributed by atoms with Crippen LogP contribution in [0.15, 0.2) is 18.2 Å². The van der Waals surface area contributed by atoms with Crippen LogP contribution in [0.4, 0.5) is 0 Å². The standard InChI is InChI=1S/C10H14ClNO.ClH/c1-10(2,12)8-5-4-7(11)6-9(8)13-3;/h4-6H,12H2,1-3H3;1H. The smallest absolute Gasteiger partial charge is 0.125 e. The van der Waals surface area contributed by atoms with E-state index in [1.807, 2.05) is 26.0 Å². The van der Waals surface area contributed by atoms with Gasteiger partial charge in [-0.2, -0.15) is 0 Å². The second-order valence-corrected chi connectivity index (χ2v) is 4.00. The van der Waals surface area contributed by atoms with Gasteiger partial charge in [-0.05, 0) is 26.0 Å². The quantitative estimate of drug-likeness (QED) is 0.856. The van der Waals surface area contributed by atoms with Crippen LogP contribution in [-0.2, 0) is 5.54 Å². The Morgan fingerprint density at radius 1 is 1.36 bits per heavy atom. The van der Waals surface area contributed by atoms with Crippen LogP contribution >= 0.6 is 24.0 Å². The highest BCUT2D eigenvalue weighted by molar-refractivity contribution is 6.30. The molecule has 0 heterocycles. The highest BCUT2D eigenvalue weighted by atomic mass is 35.5. The fourth-order valence-electron chi connectivity index (χ4n) is 1.20. The summed E-state index contributed by atoms with van der Waals surface area (Å²) in [6, 6.07) is 5.47. The Bertz CT molecular complexity index is 307. The first kappa shape index (κ1) is 13.6. The summed E-state index contributed by atoms with van der Waals surface area (Å²) in [7, 11) is 1.61. The summed E-state index contributed by atoms with van der Waals surface area (Å²) in [6.45, 7) is 3.86. The molecule has 14 heavy (non-hydrogen) atoms. The molecule has 4 heteroatoms. The van der Waals surface area contributed by atoms with E-state index in [2.05, 4.69) is 0 Å². The number of rotatable bonds is 2. The lowest BCUT2D eigenvalue weighted by Crippen LogP contribution is -2.29. The number of hydrogen-bond donors (Lipinski definition) is 1. The van der Waals surface area contributed by atoms with Crippen molar-refractivity contribution in [3.63, 3.8) is 0 Å². The van der Waals surface area contributed by atoms with Gasteiger partial charge in [0.25, 0.3) is 0 Å². The lowest BCUT2D eigenvalue weighted by atomic mass is 9.95. The summed E-state index contributed by atoms with van der Waals surface area (Å²) in [6.07, 6.45) is 0. The lowest BCUT2D eigenvalue weighted by Gasteiger charge is -2.21. The van der Waals surface area contributed by atoms with Crippen molar-refractivity contribution in [3.05, 3.63) is 28.8 Å². The van der Waals surface area contributed by atoms with Crippen LogP contribution in [0.5, 0.6) is 5.75 Å². The molecule has 0 spiro atoms. The summed E-state index contributed by atoms with van der Waals surface area (Å²) in [5, 5.41) is 0.657. The number of nitrogens with two attached hydrogens (primary N) is 1. The van der Waals surface area contributed by atoms with Gasteiger partial charge in [-0.15, -0.1) is 12.4 Å². The lowest BCUT2D eigenvalue weighted by molar-refractivity contribution is 0.394. The summed E-state index contributed by atoms with van der Waals surface area (Å²) in [5.41, 5.74) is 6.51. The zero-order valence-corrected chi connectivity index (χ0v) is 10.1. The highest BCUT2D eigenvalue weighted by Gasteiger charge is 2.18. The molecule has 1 aromatic rings. The molecule has 0 unspecified atom stereocenters. The molecule has 80 valence electrons. The molecular weight excluding hydrogens is 221 g/mol. The zero-order valence-electron chi connectivity index (χ0n) is 8.50. The van der Waals surface area contributed by atoms with Gasteiger partial charge in [0.1, 0.15) is 5.75 Å². The number of benzene rings is 1. The fourth-order valence-corrected chi connectivity index (χ4v) is 1.36. The van der Waals surface area contributed by atoms with Crippen LogP contribution < -0.4 is 10.5 Å². The molecular formula is C10H15Cl2NO. The first-order chi connectivity index (χ1) is 5.95. The molecule has 0 atom stereocenters. The molecule has 0 aliphatic rings. The topological polar surface area (TPSA) is 35.2 Å². The Balaban J connectivity index is 0.00000169. The van der Waals surface area contributed by atoms with Gasteiger partial charge in [-0.3, -0.25) is 0 Å². The molecule has 0 aliphatic carbocycles. The number of ether oxygens (including phenoxy) is 1. The summed E-state index contributed by atoms with van der Waals surface area (Å²) in [5.74, 6) is 0.736. The van der Waals surface area contributed by atoms with E-state index in [-0.39, 0.29) is 12.4 Å². The minimum Gasteiger partial charge on any atom is -0.496 e. The second kappa shape index (κ2) is 4.87. The molecule has 0 radical (unpaired) electrons. The molecule has 0 aliphatic heterocycles. The summed E-state index contributed by atoms with van der Waals surface area (Å²) >= 11 is 5.82. The van der Waals surface area contributed by atoms with Crippen LogP contribution in [0.3, 0.4) is 0 Å². The normalized spacial score (nSPS) is 10.6. The molecule has 0 bridgehead atoms. The van der Waals surface area contributed by atoms with Crippen molar-refractivity contribution in [1.82, 2.24) is 0 Å². The van der Waals surface area contributed by atoms with Crippen molar-refractivity contribution < 1.29 is 4.74 Å². The molecule has 2 N–H and O–H groups in total. The van der Waals surface area contributed by atoms with E-state index in [1.54, 1.807) is 13.2 Å². The summed E-state index contributed by atoms with van der Waals surface area (Å²) in [4.78, 5) is 0. The second-order valence-electron chi connectivity index (χ2n) is 3.57. The van der Waals surface area contributed by atoms with E-state index in [0.717, 1.165) is 11.3 Å². The van der Waals surface area contributed by atoms with Crippen LogP contribution in [0, 0.1) is 0 Å². The van der Waals surface area contributed by atoms with Gasteiger partial charge in [-0.25, -0.2) is 0 Å². The highest BCUT2D eigenvalue weighted by Crippen LogP contribution is 2.30. The summed E-state index contributed by atoms with van der Waals surface area (Å²) < 4.78 is 5.19. The maximum absolute atomic E-state index is 5.96. The van der Waals surface area contributed by atoms with E-state index < -0.39 is 5.54 Å². The molecule has 0 aromatic heterocycles. The Labute approximate surface area is 95.8 Å². The van der Waals surface area contributed by atoms with Gasteiger partial charge in [0.05, 0.1) is 7.11 Å². The molecule has 0 saturated heterocycles. The molecule has 2 nitrogen and oxygen atoms in total. The zero-order chi connectivity index (χ0) is 10.1. The van der Waals surface area contributed by atoms with E-state index >= 15 is 0 Å². The average Bonchev–Trinajstić information content (AvgIpc) is 2.01. The Hall–Kier alpha value is -0.440. The third kappa shape index (κ3) is 3.05. The largest absolute Gasteiger partial charge is 0.496 e. The van der Waals surface area contributed by atoms with E-state index in [4.69, 9.17) is 22.1 Å². The maximum Gasteiger partial charge on any atom is 0.125 e. The molecule has 0 fully saturated rings. The van der Waals surface area contributed by atoms with Gasteiger partial charge < -0.3 is 10.5 Å².